The molecule has 1 aliphatic heterocycles. The van der Waals surface area contributed by atoms with Crippen molar-refractivity contribution in [3.63, 3.8) is 0 Å². The molecule has 0 radical (unpaired) electrons. The smallest absolute Gasteiger partial charge is 0.322 e. The number of furan rings is 1. The summed E-state index contributed by atoms with van der Waals surface area (Å²) in [7, 11) is -3.81. The van der Waals surface area contributed by atoms with Crippen molar-refractivity contribution in [1.82, 2.24) is 14.5 Å². The molecule has 1 saturated heterocycles. The molecule has 27 heavy (non-hydrogen) atoms. The molecule has 1 fully saturated rings. The zero-order valence-corrected chi connectivity index (χ0v) is 16.1. The number of carbonyl (C=O) groups is 1. The Morgan fingerprint density at radius 3 is 2.89 bits per heavy atom. The maximum Gasteiger partial charge on any atom is 0.322 e. The molecule has 1 aliphatic rings. The van der Waals surface area contributed by atoms with Gasteiger partial charge in [-0.1, -0.05) is 16.7 Å². The first-order valence-corrected chi connectivity index (χ1v) is 10.5. The summed E-state index contributed by atoms with van der Waals surface area (Å²) in [6.07, 6.45) is 2.41. The third kappa shape index (κ3) is 3.50. The Bertz CT molecular complexity index is 1060. The molecule has 12 heteroatoms. The summed E-state index contributed by atoms with van der Waals surface area (Å²) in [5.74, 6) is -0.0598. The second-order valence-electron chi connectivity index (χ2n) is 5.71. The quantitative estimate of drug-likeness (QED) is 0.663. The van der Waals surface area contributed by atoms with Gasteiger partial charge in [-0.15, -0.1) is 16.4 Å². The predicted molar refractivity (Wildman–Crippen MR) is 96.9 cm³/mol. The Morgan fingerprint density at radius 2 is 2.19 bits per heavy atom. The Hall–Kier alpha value is -2.21. The van der Waals surface area contributed by atoms with Gasteiger partial charge in [-0.05, 0) is 37.1 Å². The van der Waals surface area contributed by atoms with Crippen molar-refractivity contribution in [1.29, 1.82) is 0 Å². The number of halogens is 1. The molecule has 1 unspecified atom stereocenters. The van der Waals surface area contributed by atoms with E-state index in [-0.39, 0.29) is 22.7 Å². The van der Waals surface area contributed by atoms with Crippen molar-refractivity contribution in [2.45, 2.75) is 23.1 Å². The maximum atomic E-state index is 12.8. The van der Waals surface area contributed by atoms with Crippen LogP contribution in [-0.2, 0) is 14.8 Å². The van der Waals surface area contributed by atoms with Gasteiger partial charge in [0.05, 0.1) is 10.6 Å². The van der Waals surface area contributed by atoms with Crippen molar-refractivity contribution in [3.8, 4) is 11.7 Å². The van der Waals surface area contributed by atoms with Crippen LogP contribution in [-0.4, -0.2) is 41.4 Å². The lowest BCUT2D eigenvalue weighted by atomic mass is 10.2. The Balaban J connectivity index is 1.51. The van der Waals surface area contributed by atoms with Crippen molar-refractivity contribution < 1.29 is 22.0 Å². The van der Waals surface area contributed by atoms with Crippen molar-refractivity contribution >= 4 is 44.9 Å². The number of anilines is 1. The van der Waals surface area contributed by atoms with Crippen LogP contribution in [0.2, 0.25) is 4.34 Å². The number of nitrogens with zero attached hydrogens (tertiary/aromatic N) is 3. The van der Waals surface area contributed by atoms with Crippen molar-refractivity contribution in [3.05, 3.63) is 34.9 Å². The van der Waals surface area contributed by atoms with Gasteiger partial charge in [-0.2, -0.15) is 4.31 Å². The van der Waals surface area contributed by atoms with Crippen LogP contribution in [0.1, 0.15) is 12.8 Å². The lowest BCUT2D eigenvalue weighted by Crippen LogP contribution is -2.42. The lowest BCUT2D eigenvalue weighted by Gasteiger charge is -2.21. The van der Waals surface area contributed by atoms with Gasteiger partial charge >= 0.3 is 6.01 Å². The highest BCUT2D eigenvalue weighted by atomic mass is 35.5. The van der Waals surface area contributed by atoms with Gasteiger partial charge in [-0.3, -0.25) is 10.1 Å². The molecular weight excluding hydrogens is 416 g/mol. The number of hydrogen-bond donors (Lipinski definition) is 1. The topological polar surface area (TPSA) is 119 Å². The molecule has 0 spiro atoms. The van der Waals surface area contributed by atoms with Crippen LogP contribution < -0.4 is 5.32 Å². The lowest BCUT2D eigenvalue weighted by molar-refractivity contribution is -0.119. The molecule has 1 amide bonds. The van der Waals surface area contributed by atoms with Gasteiger partial charge in [-0.25, -0.2) is 8.42 Å². The van der Waals surface area contributed by atoms with E-state index in [0.717, 1.165) is 11.3 Å². The summed E-state index contributed by atoms with van der Waals surface area (Å²) >= 11 is 6.80. The van der Waals surface area contributed by atoms with Crippen LogP contribution in [0.3, 0.4) is 0 Å². The number of hydrogen-bond acceptors (Lipinski definition) is 8. The average molecular weight is 429 g/mol. The molecule has 4 heterocycles. The van der Waals surface area contributed by atoms with E-state index in [0.29, 0.717) is 22.9 Å². The van der Waals surface area contributed by atoms with Gasteiger partial charge in [0, 0.05) is 6.54 Å². The van der Waals surface area contributed by atoms with Crippen LogP contribution in [0.25, 0.3) is 11.7 Å². The fourth-order valence-corrected chi connectivity index (χ4v) is 6.07. The first-order chi connectivity index (χ1) is 12.9. The van der Waals surface area contributed by atoms with Gasteiger partial charge in [0.15, 0.2) is 5.76 Å². The van der Waals surface area contributed by atoms with E-state index in [9.17, 15) is 13.2 Å². The third-order valence-electron chi connectivity index (χ3n) is 4.00. The highest BCUT2D eigenvalue weighted by molar-refractivity contribution is 7.91. The average Bonchev–Trinajstić information content (AvgIpc) is 3.40. The van der Waals surface area contributed by atoms with Crippen LogP contribution in [0.4, 0.5) is 6.01 Å². The first kappa shape index (κ1) is 18.2. The number of sulfonamides is 1. The highest BCUT2D eigenvalue weighted by Crippen LogP contribution is 2.32. The number of carbonyl (C=O) groups excluding carboxylic acids is 1. The number of rotatable bonds is 5. The van der Waals surface area contributed by atoms with Crippen LogP contribution in [0.15, 0.2) is 43.6 Å². The van der Waals surface area contributed by atoms with Crippen LogP contribution in [0.5, 0.6) is 0 Å². The zero-order valence-electron chi connectivity index (χ0n) is 13.7. The minimum atomic E-state index is -3.81. The molecule has 142 valence electrons. The highest BCUT2D eigenvalue weighted by Gasteiger charge is 2.40. The molecule has 0 aromatic carbocycles. The predicted octanol–water partition coefficient (Wildman–Crippen LogP) is 2.84. The Morgan fingerprint density at radius 1 is 1.33 bits per heavy atom. The standard InChI is InChI=1S/C15H13ClN4O5S2/c16-11-5-6-12(26-11)27(22,23)20-7-1-3-9(20)13(21)17-15-19-18-14(25-15)10-4-2-8-24-10/h2,4-6,8-9H,1,3,7H2,(H,17,19,21). The number of nitrogens with one attached hydrogen (secondary N) is 1. The van der Waals surface area contributed by atoms with Gasteiger partial charge in [0.2, 0.25) is 5.91 Å². The number of amides is 1. The van der Waals surface area contributed by atoms with E-state index in [1.54, 1.807) is 12.1 Å². The van der Waals surface area contributed by atoms with Crippen molar-refractivity contribution in [2.24, 2.45) is 0 Å². The second-order valence-corrected chi connectivity index (χ2v) is 9.54. The van der Waals surface area contributed by atoms with Crippen molar-refractivity contribution in [2.75, 3.05) is 11.9 Å². The number of aromatic nitrogens is 2. The molecule has 4 rings (SSSR count). The van der Waals surface area contributed by atoms with E-state index >= 15 is 0 Å². The Kier molecular flexibility index (Phi) is 4.76. The summed E-state index contributed by atoms with van der Waals surface area (Å²) in [5.41, 5.74) is 0. The second kappa shape index (κ2) is 7.08. The summed E-state index contributed by atoms with van der Waals surface area (Å²) in [5, 5.41) is 10.0. The van der Waals surface area contributed by atoms with E-state index < -0.39 is 22.0 Å². The third-order valence-corrected chi connectivity index (χ3v) is 7.61. The van der Waals surface area contributed by atoms with Gasteiger partial charge in [0.25, 0.3) is 15.9 Å². The van der Waals surface area contributed by atoms with E-state index in [1.165, 1.54) is 22.7 Å². The molecule has 0 aliphatic carbocycles. The maximum absolute atomic E-state index is 12.8. The normalized spacial score (nSPS) is 18.0. The van der Waals surface area contributed by atoms with E-state index in [2.05, 4.69) is 15.5 Å². The van der Waals surface area contributed by atoms with Gasteiger partial charge in [0.1, 0.15) is 10.3 Å². The SMILES string of the molecule is O=C(Nc1nnc(-c2ccco2)o1)C1CCCN1S(=O)(=O)c1ccc(Cl)s1. The molecule has 3 aromatic rings. The Labute approximate surface area is 163 Å². The van der Waals surface area contributed by atoms with Crippen LogP contribution in [0, 0.1) is 0 Å². The number of thiophene rings is 1. The molecule has 9 nitrogen and oxygen atoms in total. The molecule has 1 N–H and O–H groups in total. The fraction of sp³-hybridized carbons (Fsp3) is 0.267. The zero-order chi connectivity index (χ0) is 19.0. The molecule has 3 aromatic heterocycles. The summed E-state index contributed by atoms with van der Waals surface area (Å²) in [6, 6.07) is 5.25. The summed E-state index contributed by atoms with van der Waals surface area (Å²) in [6.45, 7) is 0.247. The molecular formula is C15H13ClN4O5S2. The van der Waals surface area contributed by atoms with E-state index in [1.807, 2.05) is 0 Å². The monoisotopic (exact) mass is 428 g/mol. The molecule has 0 saturated carbocycles. The summed E-state index contributed by atoms with van der Waals surface area (Å²) in [4.78, 5) is 12.6. The minimum Gasteiger partial charge on any atom is -0.459 e. The van der Waals surface area contributed by atoms with Crippen LogP contribution >= 0.6 is 22.9 Å². The minimum absolute atomic E-state index is 0.102. The molecule has 0 bridgehead atoms. The summed E-state index contributed by atoms with van der Waals surface area (Å²) < 4.78 is 37.7. The van der Waals surface area contributed by atoms with Gasteiger partial charge < -0.3 is 8.83 Å². The fourth-order valence-electron chi connectivity index (χ4n) is 2.80. The molecule has 1 atom stereocenters. The largest absolute Gasteiger partial charge is 0.459 e. The van der Waals surface area contributed by atoms with E-state index in [4.69, 9.17) is 20.4 Å². The first-order valence-electron chi connectivity index (χ1n) is 7.90.